The highest BCUT2D eigenvalue weighted by Crippen LogP contribution is 2.27. The molecule has 6 nitrogen and oxygen atoms in total. The number of ether oxygens (including phenoxy) is 1. The summed E-state index contributed by atoms with van der Waals surface area (Å²) in [4.78, 5) is 14.6. The minimum atomic E-state index is -3.31. The molecule has 1 heterocycles. The molecule has 0 spiro atoms. The summed E-state index contributed by atoms with van der Waals surface area (Å²) in [5.41, 5.74) is 3.72. The summed E-state index contributed by atoms with van der Waals surface area (Å²) in [5, 5.41) is 0. The topological polar surface area (TPSA) is 66.9 Å². The van der Waals surface area contributed by atoms with Gasteiger partial charge in [0.05, 0.1) is 12.8 Å². The van der Waals surface area contributed by atoms with E-state index >= 15 is 0 Å². The minimum Gasteiger partial charge on any atom is -0.492 e. The SMILES string of the molecule is Cc1ccc(N(Cc2ccc3c(c2)CN(S(C)(=O)=O)CCO3)C(=O)C(C)C)cc1. The van der Waals surface area contributed by atoms with E-state index in [-0.39, 0.29) is 18.4 Å². The molecule has 2 aromatic carbocycles. The number of rotatable bonds is 5. The predicted octanol–water partition coefficient (Wildman–Crippen LogP) is 3.34. The molecule has 0 radical (unpaired) electrons. The monoisotopic (exact) mass is 416 g/mol. The van der Waals surface area contributed by atoms with E-state index in [1.807, 2.05) is 63.2 Å². The third-order valence-electron chi connectivity index (χ3n) is 4.99. The molecule has 0 fully saturated rings. The van der Waals surface area contributed by atoms with Crippen molar-refractivity contribution in [2.24, 2.45) is 5.92 Å². The standard InChI is InChI=1S/C22H28N2O4S/c1-16(2)22(25)24(20-8-5-17(3)6-9-20)14-18-7-10-21-19(13-18)15-23(11-12-28-21)29(4,26)27/h5-10,13,16H,11-12,14-15H2,1-4H3. The Bertz CT molecular complexity index is 984. The Morgan fingerprint density at radius 1 is 1.17 bits per heavy atom. The molecule has 0 atom stereocenters. The number of nitrogens with zero attached hydrogens (tertiary/aromatic N) is 2. The van der Waals surface area contributed by atoms with E-state index in [0.717, 1.165) is 22.4 Å². The predicted molar refractivity (Wildman–Crippen MR) is 114 cm³/mol. The number of sulfonamides is 1. The van der Waals surface area contributed by atoms with Gasteiger partial charge in [0.25, 0.3) is 0 Å². The fourth-order valence-corrected chi connectivity index (χ4v) is 4.10. The van der Waals surface area contributed by atoms with Gasteiger partial charge in [0.2, 0.25) is 15.9 Å². The fraction of sp³-hybridized carbons (Fsp3) is 0.409. The highest BCUT2D eigenvalue weighted by molar-refractivity contribution is 7.88. The van der Waals surface area contributed by atoms with E-state index in [9.17, 15) is 13.2 Å². The Kier molecular flexibility index (Phi) is 6.29. The molecule has 0 N–H and O–H groups in total. The molecule has 156 valence electrons. The second-order valence-electron chi connectivity index (χ2n) is 7.80. The third kappa shape index (κ3) is 5.16. The Labute approximate surface area is 173 Å². The maximum Gasteiger partial charge on any atom is 0.229 e. The lowest BCUT2D eigenvalue weighted by atomic mass is 10.1. The summed E-state index contributed by atoms with van der Waals surface area (Å²) in [6, 6.07) is 13.6. The summed E-state index contributed by atoms with van der Waals surface area (Å²) >= 11 is 0. The van der Waals surface area contributed by atoms with Crippen LogP contribution in [0.1, 0.15) is 30.5 Å². The zero-order valence-electron chi connectivity index (χ0n) is 17.4. The molecule has 7 heteroatoms. The summed E-state index contributed by atoms with van der Waals surface area (Å²) < 4.78 is 31.2. The molecule has 1 aliphatic heterocycles. The summed E-state index contributed by atoms with van der Waals surface area (Å²) in [5.74, 6) is 0.593. The van der Waals surface area contributed by atoms with Crippen molar-refractivity contribution in [1.29, 1.82) is 0 Å². The number of carbonyl (C=O) groups excluding carboxylic acids is 1. The average molecular weight is 417 g/mol. The smallest absolute Gasteiger partial charge is 0.229 e. The van der Waals surface area contributed by atoms with Gasteiger partial charge in [0.1, 0.15) is 12.4 Å². The van der Waals surface area contributed by atoms with Gasteiger partial charge in [-0.3, -0.25) is 4.79 Å². The molecule has 0 saturated carbocycles. The first-order chi connectivity index (χ1) is 13.6. The highest BCUT2D eigenvalue weighted by Gasteiger charge is 2.24. The summed E-state index contributed by atoms with van der Waals surface area (Å²) in [6.07, 6.45) is 1.21. The number of amides is 1. The first-order valence-corrected chi connectivity index (χ1v) is 11.6. The van der Waals surface area contributed by atoms with Crippen molar-refractivity contribution >= 4 is 21.6 Å². The van der Waals surface area contributed by atoms with Crippen molar-refractivity contribution in [3.05, 3.63) is 59.2 Å². The normalized spacial score (nSPS) is 14.8. The second-order valence-corrected chi connectivity index (χ2v) is 9.78. The van der Waals surface area contributed by atoms with E-state index in [4.69, 9.17) is 4.74 Å². The van der Waals surface area contributed by atoms with Crippen molar-refractivity contribution < 1.29 is 17.9 Å². The molecule has 0 saturated heterocycles. The first-order valence-electron chi connectivity index (χ1n) is 9.73. The second kappa shape index (κ2) is 8.55. The molecule has 0 aliphatic carbocycles. The van der Waals surface area contributed by atoms with E-state index in [1.54, 1.807) is 4.90 Å². The Balaban J connectivity index is 1.92. The van der Waals surface area contributed by atoms with E-state index < -0.39 is 10.0 Å². The third-order valence-corrected chi connectivity index (χ3v) is 6.23. The van der Waals surface area contributed by atoms with Crippen molar-refractivity contribution in [2.45, 2.75) is 33.9 Å². The van der Waals surface area contributed by atoms with Crippen LogP contribution >= 0.6 is 0 Å². The Hall–Kier alpha value is -2.38. The number of hydrogen-bond donors (Lipinski definition) is 0. The zero-order valence-corrected chi connectivity index (χ0v) is 18.2. The van der Waals surface area contributed by atoms with Crippen molar-refractivity contribution in [2.75, 3.05) is 24.3 Å². The molecule has 0 bridgehead atoms. The van der Waals surface area contributed by atoms with Crippen LogP contribution in [0.15, 0.2) is 42.5 Å². The summed E-state index contributed by atoms with van der Waals surface area (Å²) in [6.45, 7) is 7.11. The zero-order chi connectivity index (χ0) is 21.2. The minimum absolute atomic E-state index is 0.0396. The lowest BCUT2D eigenvalue weighted by molar-refractivity contribution is -0.121. The molecule has 2 aromatic rings. The van der Waals surface area contributed by atoms with E-state index in [2.05, 4.69) is 0 Å². The molecular formula is C22H28N2O4S. The van der Waals surface area contributed by atoms with Gasteiger partial charge < -0.3 is 9.64 Å². The van der Waals surface area contributed by atoms with E-state index in [1.165, 1.54) is 10.6 Å². The molecular weight excluding hydrogens is 388 g/mol. The quantitative estimate of drug-likeness (QED) is 0.750. The molecule has 0 aromatic heterocycles. The highest BCUT2D eigenvalue weighted by atomic mass is 32.2. The van der Waals surface area contributed by atoms with Crippen LogP contribution in [0.4, 0.5) is 5.69 Å². The van der Waals surface area contributed by atoms with Crippen LogP contribution in [-0.4, -0.2) is 38.0 Å². The Morgan fingerprint density at radius 3 is 2.48 bits per heavy atom. The fourth-order valence-electron chi connectivity index (χ4n) is 3.32. The van der Waals surface area contributed by atoms with Gasteiger partial charge in [-0.25, -0.2) is 8.42 Å². The van der Waals surface area contributed by atoms with Crippen LogP contribution in [0, 0.1) is 12.8 Å². The van der Waals surface area contributed by atoms with Crippen LogP contribution in [0.3, 0.4) is 0 Å². The van der Waals surface area contributed by atoms with Gasteiger partial charge in [-0.1, -0.05) is 37.6 Å². The van der Waals surface area contributed by atoms with Gasteiger partial charge >= 0.3 is 0 Å². The van der Waals surface area contributed by atoms with Crippen LogP contribution in [0.5, 0.6) is 5.75 Å². The molecule has 1 amide bonds. The van der Waals surface area contributed by atoms with Crippen LogP contribution < -0.4 is 9.64 Å². The van der Waals surface area contributed by atoms with Crippen LogP contribution in [0.25, 0.3) is 0 Å². The lowest BCUT2D eigenvalue weighted by Gasteiger charge is -2.25. The number of aryl methyl sites for hydroxylation is 1. The number of hydrogen-bond acceptors (Lipinski definition) is 4. The van der Waals surface area contributed by atoms with Crippen molar-refractivity contribution in [3.8, 4) is 5.75 Å². The molecule has 0 unspecified atom stereocenters. The van der Waals surface area contributed by atoms with E-state index in [0.29, 0.717) is 25.4 Å². The maximum atomic E-state index is 12.9. The number of fused-ring (bicyclic) bond motifs is 1. The van der Waals surface area contributed by atoms with Gasteiger partial charge in [0.15, 0.2) is 0 Å². The molecule has 3 rings (SSSR count). The van der Waals surface area contributed by atoms with Gasteiger partial charge in [0, 0.05) is 30.3 Å². The average Bonchev–Trinajstić information content (AvgIpc) is 2.88. The van der Waals surface area contributed by atoms with Gasteiger partial charge in [-0.05, 0) is 36.8 Å². The number of benzene rings is 2. The molecule has 1 aliphatic rings. The van der Waals surface area contributed by atoms with Gasteiger partial charge in [-0.2, -0.15) is 4.31 Å². The van der Waals surface area contributed by atoms with Crippen LogP contribution in [-0.2, 0) is 27.9 Å². The number of carbonyl (C=O) groups is 1. The first kappa shape index (κ1) is 21.3. The maximum absolute atomic E-state index is 12.9. The Morgan fingerprint density at radius 2 is 1.86 bits per heavy atom. The van der Waals surface area contributed by atoms with Crippen molar-refractivity contribution in [3.63, 3.8) is 0 Å². The largest absolute Gasteiger partial charge is 0.492 e. The summed E-state index contributed by atoms with van der Waals surface area (Å²) in [7, 11) is -3.31. The van der Waals surface area contributed by atoms with Gasteiger partial charge in [-0.15, -0.1) is 0 Å². The van der Waals surface area contributed by atoms with Crippen molar-refractivity contribution in [1.82, 2.24) is 4.31 Å². The lowest BCUT2D eigenvalue weighted by Crippen LogP contribution is -2.34. The van der Waals surface area contributed by atoms with Crippen LogP contribution in [0.2, 0.25) is 0 Å². The molecule has 29 heavy (non-hydrogen) atoms. The number of anilines is 1.